The van der Waals surface area contributed by atoms with Crippen molar-refractivity contribution in [3.05, 3.63) is 53.1 Å². The summed E-state index contributed by atoms with van der Waals surface area (Å²) in [6.45, 7) is 2.60. The molecular weight excluding hydrogens is 446 g/mol. The van der Waals surface area contributed by atoms with Gasteiger partial charge < -0.3 is 20.5 Å². The van der Waals surface area contributed by atoms with E-state index in [4.69, 9.17) is 26.8 Å². The van der Waals surface area contributed by atoms with Gasteiger partial charge in [-0.05, 0) is 43.3 Å². The molecule has 11 heteroatoms. The number of anilines is 2. The molecule has 1 aliphatic rings. The van der Waals surface area contributed by atoms with Gasteiger partial charge in [-0.2, -0.15) is 4.31 Å². The molecule has 1 saturated heterocycles. The van der Waals surface area contributed by atoms with Crippen LogP contribution >= 0.6 is 11.6 Å². The molecule has 1 atom stereocenters. The number of sulfonamides is 1. The van der Waals surface area contributed by atoms with Gasteiger partial charge in [-0.3, -0.25) is 4.79 Å². The van der Waals surface area contributed by atoms with Gasteiger partial charge in [0, 0.05) is 18.8 Å². The highest BCUT2D eigenvalue weighted by Crippen LogP contribution is 2.22. The summed E-state index contributed by atoms with van der Waals surface area (Å²) in [5.74, 6) is -1.36. The van der Waals surface area contributed by atoms with E-state index >= 15 is 0 Å². The monoisotopic (exact) mass is 467 g/mol. The zero-order chi connectivity index (χ0) is 22.6. The number of ether oxygens (including phenoxy) is 2. The molecule has 0 aliphatic carbocycles. The number of benzene rings is 2. The summed E-state index contributed by atoms with van der Waals surface area (Å²) in [7, 11) is -3.71. The number of nitrogens with one attached hydrogen (secondary N) is 1. The first-order valence-corrected chi connectivity index (χ1v) is 11.2. The van der Waals surface area contributed by atoms with Crippen molar-refractivity contribution in [3.8, 4) is 0 Å². The number of hydrogen-bond donors (Lipinski definition) is 2. The van der Waals surface area contributed by atoms with E-state index in [1.54, 1.807) is 6.07 Å². The molecule has 1 fully saturated rings. The van der Waals surface area contributed by atoms with E-state index in [-0.39, 0.29) is 34.9 Å². The fourth-order valence-electron chi connectivity index (χ4n) is 2.87. The topological polar surface area (TPSA) is 128 Å². The molecule has 3 N–H and O–H groups in total. The van der Waals surface area contributed by atoms with Crippen molar-refractivity contribution < 1.29 is 27.5 Å². The van der Waals surface area contributed by atoms with Crippen LogP contribution in [0.15, 0.2) is 47.4 Å². The van der Waals surface area contributed by atoms with Crippen molar-refractivity contribution in [1.29, 1.82) is 0 Å². The van der Waals surface area contributed by atoms with E-state index in [2.05, 4.69) is 5.32 Å². The van der Waals surface area contributed by atoms with Gasteiger partial charge in [-0.25, -0.2) is 13.2 Å². The highest BCUT2D eigenvalue weighted by Gasteiger charge is 2.27. The van der Waals surface area contributed by atoms with Crippen LogP contribution in [0.25, 0.3) is 0 Å². The van der Waals surface area contributed by atoms with E-state index in [0.29, 0.717) is 18.2 Å². The molecule has 2 aromatic carbocycles. The first kappa shape index (κ1) is 23.0. The fourth-order valence-corrected chi connectivity index (χ4v) is 4.44. The number of nitrogens with zero attached hydrogens (tertiary/aromatic N) is 1. The van der Waals surface area contributed by atoms with Crippen LogP contribution in [0, 0.1) is 0 Å². The van der Waals surface area contributed by atoms with E-state index in [9.17, 15) is 18.0 Å². The molecule has 2 aromatic rings. The van der Waals surface area contributed by atoms with Gasteiger partial charge in [0.05, 0.1) is 34.4 Å². The Bertz CT molecular complexity index is 1090. The summed E-state index contributed by atoms with van der Waals surface area (Å²) in [4.78, 5) is 24.7. The molecule has 0 saturated carbocycles. The number of nitrogen functional groups attached to an aromatic ring is 1. The maximum Gasteiger partial charge on any atom is 0.338 e. The lowest BCUT2D eigenvalue weighted by Crippen LogP contribution is -2.40. The van der Waals surface area contributed by atoms with Crippen LogP contribution in [0.4, 0.5) is 11.4 Å². The van der Waals surface area contributed by atoms with Gasteiger partial charge in [-0.15, -0.1) is 0 Å². The number of nitrogens with two attached hydrogens (primary N) is 1. The molecule has 0 radical (unpaired) electrons. The molecule has 1 amide bonds. The lowest BCUT2D eigenvalue weighted by Gasteiger charge is -2.26. The summed E-state index contributed by atoms with van der Waals surface area (Å²) in [6, 6.07) is 10.1. The highest BCUT2D eigenvalue weighted by atomic mass is 35.5. The summed E-state index contributed by atoms with van der Waals surface area (Å²) < 4.78 is 37.3. The van der Waals surface area contributed by atoms with Crippen LogP contribution in [0.3, 0.4) is 0 Å². The van der Waals surface area contributed by atoms with E-state index in [1.807, 2.05) is 0 Å². The molecule has 9 nitrogen and oxygen atoms in total. The molecular formula is C20H22ClN3O6S. The SMILES string of the molecule is C[C@@H](OC(=O)c1ccc(Cl)c(N)c1)C(=O)Nc1cccc(S(=O)(=O)N2CCOCC2)c1. The summed E-state index contributed by atoms with van der Waals surface area (Å²) in [6.07, 6.45) is -1.14. The molecule has 0 unspecified atom stereocenters. The molecule has 0 aromatic heterocycles. The lowest BCUT2D eigenvalue weighted by molar-refractivity contribution is -0.123. The Morgan fingerprint density at radius 2 is 1.90 bits per heavy atom. The van der Waals surface area contributed by atoms with Crippen LogP contribution in [-0.4, -0.2) is 57.0 Å². The average molecular weight is 468 g/mol. The number of carbonyl (C=O) groups excluding carboxylic acids is 2. The van der Waals surface area contributed by atoms with Crippen molar-refractivity contribution in [2.24, 2.45) is 0 Å². The minimum absolute atomic E-state index is 0.0495. The second-order valence-corrected chi connectivity index (χ2v) is 9.16. The minimum Gasteiger partial charge on any atom is -0.449 e. The number of esters is 1. The van der Waals surface area contributed by atoms with E-state index in [0.717, 1.165) is 0 Å². The Labute approximate surface area is 185 Å². The van der Waals surface area contributed by atoms with Crippen molar-refractivity contribution in [2.75, 3.05) is 37.4 Å². The van der Waals surface area contributed by atoms with Crippen LogP contribution in [-0.2, 0) is 24.3 Å². The molecule has 0 spiro atoms. The molecule has 31 heavy (non-hydrogen) atoms. The van der Waals surface area contributed by atoms with Crippen molar-refractivity contribution in [2.45, 2.75) is 17.9 Å². The Balaban J connectivity index is 1.66. The van der Waals surface area contributed by atoms with E-state index in [1.165, 1.54) is 47.6 Å². The van der Waals surface area contributed by atoms with Crippen LogP contribution < -0.4 is 11.1 Å². The quantitative estimate of drug-likeness (QED) is 0.492. The van der Waals surface area contributed by atoms with Gasteiger partial charge in [0.1, 0.15) is 0 Å². The predicted octanol–water partition coefficient (Wildman–Crippen LogP) is 2.13. The van der Waals surface area contributed by atoms with Gasteiger partial charge in [0.15, 0.2) is 6.10 Å². The maximum atomic E-state index is 12.8. The van der Waals surface area contributed by atoms with Gasteiger partial charge in [0.2, 0.25) is 10.0 Å². The minimum atomic E-state index is -3.71. The largest absolute Gasteiger partial charge is 0.449 e. The van der Waals surface area contributed by atoms with Crippen molar-refractivity contribution in [1.82, 2.24) is 4.31 Å². The second-order valence-electron chi connectivity index (χ2n) is 6.82. The Kier molecular flexibility index (Phi) is 7.16. The smallest absolute Gasteiger partial charge is 0.338 e. The molecule has 0 bridgehead atoms. The van der Waals surface area contributed by atoms with E-state index < -0.39 is 28.0 Å². The molecule has 166 valence electrons. The first-order valence-electron chi connectivity index (χ1n) is 9.43. The van der Waals surface area contributed by atoms with Crippen molar-refractivity contribution in [3.63, 3.8) is 0 Å². The van der Waals surface area contributed by atoms with Gasteiger partial charge in [0.25, 0.3) is 5.91 Å². The number of halogens is 1. The summed E-state index contributed by atoms with van der Waals surface area (Å²) >= 11 is 5.83. The second kappa shape index (κ2) is 9.65. The third-order valence-corrected chi connectivity index (χ3v) is 6.83. The first-order chi connectivity index (χ1) is 14.7. The molecule has 1 aliphatic heterocycles. The normalized spacial score (nSPS) is 15.8. The molecule has 3 rings (SSSR count). The zero-order valence-corrected chi connectivity index (χ0v) is 18.3. The maximum absolute atomic E-state index is 12.8. The number of carbonyl (C=O) groups is 2. The third-order valence-electron chi connectivity index (χ3n) is 4.59. The number of morpholine rings is 1. The van der Waals surface area contributed by atoms with Crippen molar-refractivity contribution >= 4 is 44.9 Å². The van der Waals surface area contributed by atoms with Gasteiger partial charge >= 0.3 is 5.97 Å². The third kappa shape index (κ3) is 5.53. The van der Waals surface area contributed by atoms with Gasteiger partial charge in [-0.1, -0.05) is 17.7 Å². The fraction of sp³-hybridized carbons (Fsp3) is 0.300. The Hall–Kier alpha value is -2.66. The van der Waals surface area contributed by atoms with Crippen LogP contribution in [0.5, 0.6) is 0 Å². The summed E-state index contributed by atoms with van der Waals surface area (Å²) in [5.41, 5.74) is 6.31. The summed E-state index contributed by atoms with van der Waals surface area (Å²) in [5, 5.41) is 2.87. The standard InChI is InChI=1S/C20H22ClN3O6S/c1-13(30-20(26)14-5-6-17(21)18(22)11-14)19(25)23-15-3-2-4-16(12-15)31(27,28)24-7-9-29-10-8-24/h2-6,11-13H,7-10,22H2,1H3,(H,23,25)/t13-/m1/s1. The zero-order valence-electron chi connectivity index (χ0n) is 16.7. The Morgan fingerprint density at radius 1 is 1.19 bits per heavy atom. The average Bonchev–Trinajstić information content (AvgIpc) is 2.76. The number of amides is 1. The highest BCUT2D eigenvalue weighted by molar-refractivity contribution is 7.89. The molecule has 1 heterocycles. The van der Waals surface area contributed by atoms with Crippen LogP contribution in [0.2, 0.25) is 5.02 Å². The van der Waals surface area contributed by atoms with Crippen LogP contribution in [0.1, 0.15) is 17.3 Å². The number of rotatable bonds is 6. The lowest BCUT2D eigenvalue weighted by atomic mass is 10.2. The predicted molar refractivity (Wildman–Crippen MR) is 115 cm³/mol. The Morgan fingerprint density at radius 3 is 2.58 bits per heavy atom. The number of hydrogen-bond acceptors (Lipinski definition) is 7.